The number of hydrogen-bond donors (Lipinski definition) is 2. The van der Waals surface area contributed by atoms with Crippen LogP contribution in [-0.4, -0.2) is 53.1 Å². The average molecular weight is 296 g/mol. The number of nitrogens with one attached hydrogen (secondary N) is 1. The molecule has 116 valence electrons. The molecule has 0 spiro atoms. The second-order valence-electron chi connectivity index (χ2n) is 5.91. The van der Waals surface area contributed by atoms with Gasteiger partial charge in [0.2, 0.25) is 5.82 Å². The Kier molecular flexibility index (Phi) is 5.20. The molecule has 0 bridgehead atoms. The maximum absolute atomic E-state index is 11.0. The predicted molar refractivity (Wildman–Crippen MR) is 78.7 cm³/mol. The first-order valence-corrected chi connectivity index (χ1v) is 6.39. The van der Waals surface area contributed by atoms with Crippen LogP contribution in [0.3, 0.4) is 0 Å². The van der Waals surface area contributed by atoms with Gasteiger partial charge in [-0.25, -0.2) is 9.78 Å². The van der Waals surface area contributed by atoms with E-state index in [2.05, 4.69) is 10.3 Å². The second kappa shape index (κ2) is 6.49. The summed E-state index contributed by atoms with van der Waals surface area (Å²) in [6.07, 6.45) is 1.11. The van der Waals surface area contributed by atoms with E-state index >= 15 is 0 Å². The molecule has 0 fully saturated rings. The van der Waals surface area contributed by atoms with Crippen molar-refractivity contribution in [3.8, 4) is 0 Å². The Bertz CT molecular complexity index is 543. The third kappa shape index (κ3) is 4.99. The Morgan fingerprint density at radius 3 is 2.62 bits per heavy atom. The van der Waals surface area contributed by atoms with Crippen molar-refractivity contribution in [2.75, 3.05) is 32.5 Å². The van der Waals surface area contributed by atoms with Gasteiger partial charge in [-0.2, -0.15) is 0 Å². The number of carboxylic acid groups (broad SMARTS) is 1. The Labute approximate surface area is 122 Å². The number of carbonyl (C=O) groups is 1. The molecule has 0 radical (unpaired) electrons. The number of aromatic carboxylic acids is 1. The van der Waals surface area contributed by atoms with Gasteiger partial charge in [-0.1, -0.05) is 13.8 Å². The first-order valence-electron chi connectivity index (χ1n) is 6.39. The van der Waals surface area contributed by atoms with Crippen molar-refractivity contribution in [1.82, 2.24) is 9.88 Å². The average Bonchev–Trinajstić information content (AvgIpc) is 2.34. The second-order valence-corrected chi connectivity index (χ2v) is 5.91. The van der Waals surface area contributed by atoms with Crippen LogP contribution in [-0.2, 0) is 0 Å². The quantitative estimate of drug-likeness (QED) is 0.582. The zero-order valence-electron chi connectivity index (χ0n) is 12.6. The van der Waals surface area contributed by atoms with Gasteiger partial charge in [-0.05, 0) is 19.5 Å². The maximum Gasteiger partial charge on any atom is 0.337 e. The van der Waals surface area contributed by atoms with Gasteiger partial charge in [0.05, 0.1) is 10.5 Å². The molecule has 8 heteroatoms. The predicted octanol–water partition coefficient (Wildman–Crippen LogP) is 1.69. The van der Waals surface area contributed by atoms with Crippen LogP contribution in [0.5, 0.6) is 0 Å². The molecule has 0 saturated heterocycles. The summed E-state index contributed by atoms with van der Waals surface area (Å²) in [4.78, 5) is 27.1. The number of nitrogens with zero attached hydrogens (tertiary/aromatic N) is 3. The van der Waals surface area contributed by atoms with Gasteiger partial charge in [0.25, 0.3) is 0 Å². The lowest BCUT2D eigenvalue weighted by Crippen LogP contribution is -2.34. The smallest absolute Gasteiger partial charge is 0.337 e. The van der Waals surface area contributed by atoms with Crippen molar-refractivity contribution < 1.29 is 14.8 Å². The van der Waals surface area contributed by atoms with Gasteiger partial charge in [0.15, 0.2) is 0 Å². The van der Waals surface area contributed by atoms with Gasteiger partial charge < -0.3 is 15.3 Å². The van der Waals surface area contributed by atoms with Crippen LogP contribution in [0.15, 0.2) is 12.3 Å². The van der Waals surface area contributed by atoms with Crippen molar-refractivity contribution >= 4 is 17.5 Å². The minimum absolute atomic E-state index is 0.0804. The highest BCUT2D eigenvalue weighted by atomic mass is 16.6. The van der Waals surface area contributed by atoms with Crippen molar-refractivity contribution in [3.05, 3.63) is 27.9 Å². The number of pyridine rings is 1. The van der Waals surface area contributed by atoms with Crippen LogP contribution in [0.1, 0.15) is 24.2 Å². The molecule has 0 aliphatic carbocycles. The largest absolute Gasteiger partial charge is 0.478 e. The zero-order valence-corrected chi connectivity index (χ0v) is 12.6. The third-order valence-electron chi connectivity index (χ3n) is 2.79. The van der Waals surface area contributed by atoms with Crippen molar-refractivity contribution in [2.45, 2.75) is 13.8 Å². The summed E-state index contributed by atoms with van der Waals surface area (Å²) in [6, 6.07) is 1.01. The molecule has 1 heterocycles. The van der Waals surface area contributed by atoms with Crippen LogP contribution in [0.25, 0.3) is 0 Å². The van der Waals surface area contributed by atoms with Crippen molar-refractivity contribution in [2.24, 2.45) is 5.41 Å². The first-order chi connectivity index (χ1) is 9.62. The fourth-order valence-electron chi connectivity index (χ4n) is 2.08. The van der Waals surface area contributed by atoms with Gasteiger partial charge in [0.1, 0.15) is 0 Å². The minimum atomic E-state index is -1.25. The zero-order chi connectivity index (χ0) is 16.2. The fraction of sp³-hybridized carbons (Fsp3) is 0.538. The molecule has 1 rings (SSSR count). The van der Waals surface area contributed by atoms with Gasteiger partial charge in [0, 0.05) is 25.4 Å². The summed E-state index contributed by atoms with van der Waals surface area (Å²) in [5, 5.41) is 22.8. The van der Waals surface area contributed by atoms with Crippen LogP contribution < -0.4 is 5.32 Å². The van der Waals surface area contributed by atoms with Crippen molar-refractivity contribution in [3.63, 3.8) is 0 Å². The number of anilines is 1. The molecule has 0 saturated carbocycles. The summed E-state index contributed by atoms with van der Waals surface area (Å²) in [7, 11) is 3.90. The van der Waals surface area contributed by atoms with E-state index in [9.17, 15) is 14.9 Å². The Hall–Kier alpha value is -2.22. The van der Waals surface area contributed by atoms with Gasteiger partial charge in [-0.15, -0.1) is 0 Å². The Balaban J connectivity index is 2.93. The first kappa shape index (κ1) is 16.8. The summed E-state index contributed by atoms with van der Waals surface area (Å²) < 4.78 is 0. The number of aromatic nitrogens is 1. The minimum Gasteiger partial charge on any atom is -0.478 e. The fourth-order valence-corrected chi connectivity index (χ4v) is 2.08. The van der Waals surface area contributed by atoms with E-state index in [1.165, 1.54) is 0 Å². The Morgan fingerprint density at radius 2 is 2.14 bits per heavy atom. The molecule has 1 aromatic rings. The lowest BCUT2D eigenvalue weighted by Gasteiger charge is -2.28. The van der Waals surface area contributed by atoms with Crippen LogP contribution >= 0.6 is 0 Å². The lowest BCUT2D eigenvalue weighted by molar-refractivity contribution is -0.384. The normalized spacial score (nSPS) is 11.5. The van der Waals surface area contributed by atoms with E-state index in [-0.39, 0.29) is 22.5 Å². The molecule has 0 atom stereocenters. The number of rotatable bonds is 7. The maximum atomic E-state index is 11.0. The van der Waals surface area contributed by atoms with Crippen LogP contribution in [0.2, 0.25) is 0 Å². The molecule has 0 aromatic carbocycles. The van der Waals surface area contributed by atoms with Crippen LogP contribution in [0, 0.1) is 15.5 Å². The molecule has 0 aliphatic rings. The molecular weight excluding hydrogens is 276 g/mol. The SMILES string of the molecule is CN(C)CC(C)(C)CNc1ncc(C(=O)O)cc1[N+](=O)[O-]. The number of carboxylic acids is 1. The lowest BCUT2D eigenvalue weighted by atomic mass is 9.93. The molecule has 0 unspecified atom stereocenters. The van der Waals surface area contributed by atoms with Gasteiger partial charge >= 0.3 is 11.7 Å². The monoisotopic (exact) mass is 296 g/mol. The highest BCUT2D eigenvalue weighted by molar-refractivity contribution is 5.88. The van der Waals surface area contributed by atoms with E-state index in [4.69, 9.17) is 5.11 Å². The van der Waals surface area contributed by atoms with E-state index in [1.807, 2.05) is 32.8 Å². The summed E-state index contributed by atoms with van der Waals surface area (Å²) in [5.41, 5.74) is -0.666. The van der Waals surface area contributed by atoms with Gasteiger partial charge in [-0.3, -0.25) is 10.1 Å². The summed E-state index contributed by atoms with van der Waals surface area (Å²) in [6.45, 7) is 5.32. The molecule has 21 heavy (non-hydrogen) atoms. The summed E-state index contributed by atoms with van der Waals surface area (Å²) in [5.74, 6) is -1.16. The van der Waals surface area contributed by atoms with E-state index in [0.717, 1.165) is 18.8 Å². The molecule has 0 amide bonds. The highest BCUT2D eigenvalue weighted by Gasteiger charge is 2.23. The highest BCUT2D eigenvalue weighted by Crippen LogP contribution is 2.25. The standard InChI is InChI=1S/C13H20N4O4/c1-13(2,8-16(3)4)7-15-11-10(17(20)21)5-9(6-14-11)12(18)19/h5-6H,7-8H2,1-4H3,(H,14,15)(H,18,19). The van der Waals surface area contributed by atoms with E-state index in [0.29, 0.717) is 6.54 Å². The molecular formula is C13H20N4O4. The third-order valence-corrected chi connectivity index (χ3v) is 2.79. The van der Waals surface area contributed by atoms with Crippen molar-refractivity contribution in [1.29, 1.82) is 0 Å². The van der Waals surface area contributed by atoms with E-state index in [1.54, 1.807) is 0 Å². The van der Waals surface area contributed by atoms with E-state index < -0.39 is 10.9 Å². The summed E-state index contributed by atoms with van der Waals surface area (Å²) >= 11 is 0. The molecule has 1 aromatic heterocycles. The topological polar surface area (TPSA) is 109 Å². The molecule has 8 nitrogen and oxygen atoms in total. The number of hydrogen-bond acceptors (Lipinski definition) is 6. The number of nitro groups is 1. The molecule has 0 aliphatic heterocycles. The Morgan fingerprint density at radius 1 is 1.52 bits per heavy atom. The molecule has 2 N–H and O–H groups in total. The van der Waals surface area contributed by atoms with Crippen LogP contribution in [0.4, 0.5) is 11.5 Å².